The molecule has 2 rings (SSSR count). The van der Waals surface area contributed by atoms with Gasteiger partial charge in [0, 0.05) is 16.8 Å². The fourth-order valence-electron chi connectivity index (χ4n) is 1.32. The van der Waals surface area contributed by atoms with Gasteiger partial charge in [-0.05, 0) is 36.2 Å². The van der Waals surface area contributed by atoms with E-state index in [-0.39, 0.29) is 5.28 Å². The predicted molar refractivity (Wildman–Crippen MR) is 67.6 cm³/mol. The summed E-state index contributed by atoms with van der Waals surface area (Å²) in [6, 6.07) is 9.18. The standard InChI is InChI=1S/C12H10Cl2N2O/c1-8-6-11(16-12(14)15-8)17-7-9-2-4-10(13)5-3-9/h2-6H,7H2,1H3. The van der Waals surface area contributed by atoms with Gasteiger partial charge in [-0.25, -0.2) is 4.98 Å². The van der Waals surface area contributed by atoms with Crippen molar-refractivity contribution in [2.75, 3.05) is 0 Å². The lowest BCUT2D eigenvalue weighted by molar-refractivity contribution is 0.293. The molecule has 0 aliphatic heterocycles. The molecule has 2 aromatic rings. The van der Waals surface area contributed by atoms with E-state index in [1.807, 2.05) is 31.2 Å². The van der Waals surface area contributed by atoms with Crippen LogP contribution in [-0.2, 0) is 6.61 Å². The molecular weight excluding hydrogens is 259 g/mol. The Morgan fingerprint density at radius 3 is 2.47 bits per heavy atom. The first-order chi connectivity index (χ1) is 8.13. The van der Waals surface area contributed by atoms with Gasteiger partial charge in [0.15, 0.2) is 0 Å². The lowest BCUT2D eigenvalue weighted by Crippen LogP contribution is -1.98. The molecule has 0 unspecified atom stereocenters. The number of halogens is 2. The van der Waals surface area contributed by atoms with E-state index < -0.39 is 0 Å². The molecular formula is C12H10Cl2N2O. The minimum atomic E-state index is 0.191. The molecule has 0 saturated heterocycles. The van der Waals surface area contributed by atoms with Crippen LogP contribution in [0.4, 0.5) is 0 Å². The molecule has 1 aromatic heterocycles. The largest absolute Gasteiger partial charge is 0.473 e. The highest BCUT2D eigenvalue weighted by Gasteiger charge is 2.01. The molecule has 0 spiro atoms. The molecule has 88 valence electrons. The van der Waals surface area contributed by atoms with Gasteiger partial charge in [0.25, 0.3) is 0 Å². The van der Waals surface area contributed by atoms with E-state index >= 15 is 0 Å². The zero-order valence-corrected chi connectivity index (χ0v) is 10.7. The first-order valence-corrected chi connectivity index (χ1v) is 5.77. The van der Waals surface area contributed by atoms with Crippen LogP contribution < -0.4 is 4.74 Å². The second-order valence-electron chi connectivity index (χ2n) is 3.53. The third-order valence-electron chi connectivity index (χ3n) is 2.10. The number of ether oxygens (including phenoxy) is 1. The van der Waals surface area contributed by atoms with Crippen LogP contribution >= 0.6 is 23.2 Å². The van der Waals surface area contributed by atoms with Gasteiger partial charge < -0.3 is 4.74 Å². The Morgan fingerprint density at radius 1 is 1.12 bits per heavy atom. The van der Waals surface area contributed by atoms with Gasteiger partial charge in [0.2, 0.25) is 11.2 Å². The molecule has 0 atom stereocenters. The molecule has 17 heavy (non-hydrogen) atoms. The fraction of sp³-hybridized carbons (Fsp3) is 0.167. The topological polar surface area (TPSA) is 35.0 Å². The van der Waals surface area contributed by atoms with Crippen molar-refractivity contribution in [2.24, 2.45) is 0 Å². The van der Waals surface area contributed by atoms with E-state index in [1.54, 1.807) is 6.07 Å². The Morgan fingerprint density at radius 2 is 1.82 bits per heavy atom. The van der Waals surface area contributed by atoms with Crippen LogP contribution in [0.25, 0.3) is 0 Å². The lowest BCUT2D eigenvalue weighted by Gasteiger charge is -2.06. The molecule has 3 nitrogen and oxygen atoms in total. The minimum Gasteiger partial charge on any atom is -0.473 e. The summed E-state index contributed by atoms with van der Waals surface area (Å²) in [5, 5.41) is 0.894. The Kier molecular flexibility index (Phi) is 3.82. The number of nitrogens with zero attached hydrogens (tertiary/aromatic N) is 2. The fourth-order valence-corrected chi connectivity index (χ4v) is 1.66. The molecule has 0 radical (unpaired) electrons. The smallest absolute Gasteiger partial charge is 0.225 e. The second-order valence-corrected chi connectivity index (χ2v) is 4.31. The van der Waals surface area contributed by atoms with Gasteiger partial charge in [-0.3, -0.25) is 0 Å². The molecule has 5 heteroatoms. The lowest BCUT2D eigenvalue weighted by atomic mass is 10.2. The van der Waals surface area contributed by atoms with Crippen LogP contribution in [0, 0.1) is 6.92 Å². The molecule has 0 bridgehead atoms. The number of aryl methyl sites for hydroxylation is 1. The summed E-state index contributed by atoms with van der Waals surface area (Å²) < 4.78 is 5.51. The van der Waals surface area contributed by atoms with Crippen molar-refractivity contribution in [1.82, 2.24) is 9.97 Å². The summed E-state index contributed by atoms with van der Waals surface area (Å²) in [6.45, 7) is 2.26. The van der Waals surface area contributed by atoms with Gasteiger partial charge in [-0.2, -0.15) is 4.98 Å². The third kappa shape index (κ3) is 3.58. The number of hydrogen-bond donors (Lipinski definition) is 0. The number of rotatable bonds is 3. The first kappa shape index (κ1) is 12.1. The van der Waals surface area contributed by atoms with Crippen LogP contribution in [0.5, 0.6) is 5.88 Å². The van der Waals surface area contributed by atoms with Crippen LogP contribution in [0.2, 0.25) is 10.3 Å². The van der Waals surface area contributed by atoms with Crippen LogP contribution in [0.1, 0.15) is 11.3 Å². The number of aromatic nitrogens is 2. The molecule has 0 aliphatic rings. The summed E-state index contributed by atoms with van der Waals surface area (Å²) in [5.74, 6) is 0.470. The summed E-state index contributed by atoms with van der Waals surface area (Å²) in [7, 11) is 0. The Bertz CT molecular complexity index is 494. The normalized spacial score (nSPS) is 10.3. The maximum absolute atomic E-state index is 5.79. The summed E-state index contributed by atoms with van der Waals surface area (Å²) in [4.78, 5) is 7.93. The van der Waals surface area contributed by atoms with Gasteiger partial charge in [0.1, 0.15) is 6.61 Å². The monoisotopic (exact) mass is 268 g/mol. The quantitative estimate of drug-likeness (QED) is 0.797. The number of hydrogen-bond acceptors (Lipinski definition) is 3. The highest BCUT2D eigenvalue weighted by atomic mass is 35.5. The SMILES string of the molecule is Cc1cc(OCc2ccc(Cl)cc2)nc(Cl)n1. The molecule has 0 aliphatic carbocycles. The first-order valence-electron chi connectivity index (χ1n) is 5.02. The summed E-state index contributed by atoms with van der Waals surface area (Å²) in [6.07, 6.45) is 0. The molecule has 1 aromatic carbocycles. The molecule has 0 N–H and O–H groups in total. The number of benzene rings is 1. The average Bonchev–Trinajstić information content (AvgIpc) is 2.27. The third-order valence-corrected chi connectivity index (χ3v) is 2.52. The zero-order valence-electron chi connectivity index (χ0n) is 9.15. The van der Waals surface area contributed by atoms with Crippen molar-refractivity contribution in [3.8, 4) is 5.88 Å². The molecule has 0 amide bonds. The Balaban J connectivity index is 2.04. The highest BCUT2D eigenvalue weighted by Crippen LogP contribution is 2.15. The molecule has 1 heterocycles. The van der Waals surface area contributed by atoms with Gasteiger partial charge >= 0.3 is 0 Å². The Labute approximate surface area is 109 Å². The zero-order chi connectivity index (χ0) is 12.3. The van der Waals surface area contributed by atoms with E-state index in [0.717, 1.165) is 11.3 Å². The summed E-state index contributed by atoms with van der Waals surface area (Å²) in [5.41, 5.74) is 1.79. The van der Waals surface area contributed by atoms with Crippen LogP contribution in [0.15, 0.2) is 30.3 Å². The van der Waals surface area contributed by atoms with Crippen molar-refractivity contribution in [1.29, 1.82) is 0 Å². The molecule has 0 fully saturated rings. The van der Waals surface area contributed by atoms with Crippen molar-refractivity contribution >= 4 is 23.2 Å². The summed E-state index contributed by atoms with van der Waals surface area (Å²) >= 11 is 11.5. The maximum Gasteiger partial charge on any atom is 0.225 e. The van der Waals surface area contributed by atoms with E-state index in [0.29, 0.717) is 17.5 Å². The van der Waals surface area contributed by atoms with E-state index in [4.69, 9.17) is 27.9 Å². The Hall–Kier alpha value is -1.32. The van der Waals surface area contributed by atoms with E-state index in [1.165, 1.54) is 0 Å². The molecule has 0 saturated carbocycles. The van der Waals surface area contributed by atoms with Gasteiger partial charge in [-0.15, -0.1) is 0 Å². The second kappa shape index (κ2) is 5.34. The van der Waals surface area contributed by atoms with Crippen molar-refractivity contribution in [3.05, 3.63) is 51.9 Å². The van der Waals surface area contributed by atoms with E-state index in [9.17, 15) is 0 Å². The average molecular weight is 269 g/mol. The van der Waals surface area contributed by atoms with Crippen LogP contribution in [0.3, 0.4) is 0 Å². The van der Waals surface area contributed by atoms with Crippen molar-refractivity contribution < 1.29 is 4.74 Å². The van der Waals surface area contributed by atoms with Crippen molar-refractivity contribution in [2.45, 2.75) is 13.5 Å². The predicted octanol–water partition coefficient (Wildman–Crippen LogP) is 3.67. The van der Waals surface area contributed by atoms with Crippen molar-refractivity contribution in [3.63, 3.8) is 0 Å². The highest BCUT2D eigenvalue weighted by molar-refractivity contribution is 6.30. The van der Waals surface area contributed by atoms with E-state index in [2.05, 4.69) is 9.97 Å². The van der Waals surface area contributed by atoms with Crippen LogP contribution in [-0.4, -0.2) is 9.97 Å². The van der Waals surface area contributed by atoms with Gasteiger partial charge in [-0.1, -0.05) is 23.7 Å². The maximum atomic E-state index is 5.79. The minimum absolute atomic E-state index is 0.191. The van der Waals surface area contributed by atoms with Gasteiger partial charge in [0.05, 0.1) is 0 Å².